The zero-order chi connectivity index (χ0) is 25.2. The molecule has 9 heteroatoms. The summed E-state index contributed by atoms with van der Waals surface area (Å²) in [6, 6.07) is 7.02. The van der Waals surface area contributed by atoms with E-state index in [0.717, 1.165) is 26.7 Å². The number of anilines is 1. The highest BCUT2D eigenvalue weighted by molar-refractivity contribution is 6.28. The quantitative estimate of drug-likeness (QED) is 0.372. The highest BCUT2D eigenvalue weighted by atomic mass is 16.5. The second-order valence-electron chi connectivity index (χ2n) is 8.67. The minimum atomic E-state index is -0.790. The number of fused-ring (bicyclic) bond motifs is 1. The zero-order valence-electron chi connectivity index (χ0n) is 19.8. The Morgan fingerprint density at radius 1 is 1.09 bits per heavy atom. The van der Waals surface area contributed by atoms with Gasteiger partial charge in [0.1, 0.15) is 12.2 Å². The van der Waals surface area contributed by atoms with Gasteiger partial charge < -0.3 is 14.7 Å². The van der Waals surface area contributed by atoms with Crippen LogP contribution in [0.3, 0.4) is 0 Å². The maximum absolute atomic E-state index is 13.0. The Morgan fingerprint density at radius 2 is 1.76 bits per heavy atom. The van der Waals surface area contributed by atoms with Crippen LogP contribution in [0.2, 0.25) is 0 Å². The van der Waals surface area contributed by atoms with Crippen molar-refractivity contribution in [3.8, 4) is 0 Å². The molecule has 0 aromatic heterocycles. The van der Waals surface area contributed by atoms with Crippen LogP contribution in [0.25, 0.3) is 0 Å². The number of ether oxygens (including phenoxy) is 1. The average molecular weight is 468 g/mol. The normalized spacial score (nSPS) is 19.8. The van der Waals surface area contributed by atoms with Crippen LogP contribution in [0, 0.1) is 0 Å². The third-order valence-corrected chi connectivity index (χ3v) is 5.96. The molecule has 0 bridgehead atoms. The number of β-amino-alcohol motifs (C(OH)–C–C–N with tert-alkyl or cyclic N) is 1. The van der Waals surface area contributed by atoms with Gasteiger partial charge in [0, 0.05) is 36.0 Å². The van der Waals surface area contributed by atoms with Crippen LogP contribution in [-0.4, -0.2) is 72.1 Å². The number of aliphatic hydroxyl groups excluding tert-OH is 1. The number of imide groups is 2. The summed E-state index contributed by atoms with van der Waals surface area (Å²) in [6.07, 6.45) is 3.09. The fraction of sp³-hybridized carbons (Fsp3) is 0.360. The molecule has 0 spiro atoms. The Labute approximate surface area is 198 Å². The number of carbonyl (C=O) groups excluding carboxylic acids is 4. The van der Waals surface area contributed by atoms with Gasteiger partial charge in [0.05, 0.1) is 13.2 Å². The highest BCUT2D eigenvalue weighted by Gasteiger charge is 2.41. The van der Waals surface area contributed by atoms with E-state index in [1.807, 2.05) is 43.0 Å². The number of hydrogen-bond acceptors (Lipinski definition) is 7. The number of para-hydroxylation sites is 1. The highest BCUT2D eigenvalue weighted by Crippen LogP contribution is 2.47. The van der Waals surface area contributed by atoms with E-state index in [1.54, 1.807) is 6.08 Å². The molecule has 0 saturated carbocycles. The van der Waals surface area contributed by atoms with E-state index >= 15 is 0 Å². The summed E-state index contributed by atoms with van der Waals surface area (Å²) in [5.41, 5.74) is 2.38. The fourth-order valence-electron chi connectivity index (χ4n) is 4.11. The van der Waals surface area contributed by atoms with Crippen LogP contribution in [-0.2, 0) is 24.5 Å². The standard InChI is InChI=1S/C25H29N3O6/c1-16(2)23(32)34-15-13-28-22(31)17(21(30)26(5)24(28)33)10-11-20-25(3,4)18-8-6-7-9-19(18)27(20)12-14-29/h6-11,29H,1,12-15H2,2-5H3/b17-10+,20-11+. The third-order valence-electron chi connectivity index (χ3n) is 5.96. The van der Waals surface area contributed by atoms with Gasteiger partial charge in [-0.05, 0) is 30.7 Å². The first-order chi connectivity index (χ1) is 16.0. The topological polar surface area (TPSA) is 107 Å². The molecule has 0 aliphatic carbocycles. The van der Waals surface area contributed by atoms with E-state index in [9.17, 15) is 24.3 Å². The van der Waals surface area contributed by atoms with E-state index in [2.05, 4.69) is 6.58 Å². The molecule has 1 saturated heterocycles. The zero-order valence-corrected chi connectivity index (χ0v) is 19.8. The van der Waals surface area contributed by atoms with Crippen molar-refractivity contribution in [1.82, 2.24) is 9.80 Å². The third kappa shape index (κ3) is 4.38. The van der Waals surface area contributed by atoms with Crippen LogP contribution in [0.5, 0.6) is 0 Å². The molecule has 0 radical (unpaired) electrons. The van der Waals surface area contributed by atoms with Crippen molar-refractivity contribution in [2.75, 3.05) is 38.3 Å². The van der Waals surface area contributed by atoms with Crippen LogP contribution in [0.15, 0.2) is 59.8 Å². The average Bonchev–Trinajstić information content (AvgIpc) is 3.01. The Bertz CT molecular complexity index is 1120. The Balaban J connectivity index is 1.93. The van der Waals surface area contributed by atoms with Crippen molar-refractivity contribution in [3.63, 3.8) is 0 Å². The van der Waals surface area contributed by atoms with Gasteiger partial charge in [-0.15, -0.1) is 0 Å². The maximum atomic E-state index is 13.0. The second-order valence-corrected chi connectivity index (χ2v) is 8.67. The summed E-state index contributed by atoms with van der Waals surface area (Å²) in [7, 11) is 1.29. The first-order valence-electron chi connectivity index (χ1n) is 10.9. The summed E-state index contributed by atoms with van der Waals surface area (Å²) < 4.78 is 5.00. The molecule has 1 aromatic rings. The fourth-order valence-corrected chi connectivity index (χ4v) is 4.11. The minimum absolute atomic E-state index is 0.0793. The van der Waals surface area contributed by atoms with E-state index in [0.29, 0.717) is 6.54 Å². The van der Waals surface area contributed by atoms with Crippen molar-refractivity contribution in [2.24, 2.45) is 0 Å². The molecule has 3 rings (SSSR count). The number of barbiturate groups is 1. The van der Waals surface area contributed by atoms with Gasteiger partial charge in [-0.2, -0.15) is 0 Å². The predicted molar refractivity (Wildman–Crippen MR) is 126 cm³/mol. The molecule has 1 fully saturated rings. The van der Waals surface area contributed by atoms with Gasteiger partial charge in [0.2, 0.25) is 0 Å². The van der Waals surface area contributed by atoms with Crippen molar-refractivity contribution in [3.05, 3.63) is 65.4 Å². The number of urea groups is 1. The van der Waals surface area contributed by atoms with Crippen molar-refractivity contribution in [2.45, 2.75) is 26.2 Å². The number of carbonyl (C=O) groups is 4. The van der Waals surface area contributed by atoms with Gasteiger partial charge in [-0.25, -0.2) is 9.59 Å². The molecule has 0 atom stereocenters. The molecule has 9 nitrogen and oxygen atoms in total. The Morgan fingerprint density at radius 3 is 2.41 bits per heavy atom. The maximum Gasteiger partial charge on any atom is 0.333 e. The van der Waals surface area contributed by atoms with E-state index in [1.165, 1.54) is 20.0 Å². The molecule has 1 aromatic carbocycles. The van der Waals surface area contributed by atoms with Gasteiger partial charge in [-0.1, -0.05) is 38.6 Å². The molecule has 34 heavy (non-hydrogen) atoms. The van der Waals surface area contributed by atoms with Gasteiger partial charge in [0.25, 0.3) is 11.8 Å². The van der Waals surface area contributed by atoms with Crippen molar-refractivity contribution < 1.29 is 29.0 Å². The van der Waals surface area contributed by atoms with E-state index < -0.39 is 29.2 Å². The number of benzene rings is 1. The molecule has 2 heterocycles. The molecule has 4 amide bonds. The number of esters is 1. The summed E-state index contributed by atoms with van der Waals surface area (Å²) in [5, 5.41) is 9.61. The van der Waals surface area contributed by atoms with Crippen LogP contribution >= 0.6 is 0 Å². The SMILES string of the molecule is C=C(C)C(=O)OCCN1C(=O)/C(=C/C=C2/N(CCO)c3ccccc3C2(C)C)C(=O)N(C)C1=O. The van der Waals surface area contributed by atoms with Gasteiger partial charge in [0.15, 0.2) is 0 Å². The number of rotatable bonds is 7. The molecule has 180 valence electrons. The van der Waals surface area contributed by atoms with Crippen LogP contribution < -0.4 is 4.90 Å². The largest absolute Gasteiger partial charge is 0.460 e. The van der Waals surface area contributed by atoms with E-state index in [4.69, 9.17) is 4.74 Å². The number of aliphatic hydroxyl groups is 1. The van der Waals surface area contributed by atoms with Crippen LogP contribution in [0.4, 0.5) is 10.5 Å². The lowest BCUT2D eigenvalue weighted by molar-refractivity contribution is -0.142. The first-order valence-corrected chi connectivity index (χ1v) is 10.9. The van der Waals surface area contributed by atoms with Crippen LogP contribution in [0.1, 0.15) is 26.3 Å². The lowest BCUT2D eigenvalue weighted by Crippen LogP contribution is -2.55. The smallest absolute Gasteiger partial charge is 0.333 e. The number of allylic oxidation sites excluding steroid dienone is 3. The summed E-state index contributed by atoms with van der Waals surface area (Å²) in [6.45, 7) is 8.87. The summed E-state index contributed by atoms with van der Waals surface area (Å²) >= 11 is 0. The lowest BCUT2D eigenvalue weighted by atomic mass is 9.83. The number of likely N-dealkylation sites (N-methyl/N-ethyl adjacent to an activating group) is 1. The van der Waals surface area contributed by atoms with E-state index in [-0.39, 0.29) is 30.9 Å². The lowest BCUT2D eigenvalue weighted by Gasteiger charge is -2.31. The number of nitrogens with zero attached hydrogens (tertiary/aromatic N) is 3. The monoisotopic (exact) mass is 467 g/mol. The van der Waals surface area contributed by atoms with Gasteiger partial charge in [-0.3, -0.25) is 19.4 Å². The molecular formula is C25H29N3O6. The van der Waals surface area contributed by atoms with Gasteiger partial charge >= 0.3 is 12.0 Å². The molecule has 1 N–H and O–H groups in total. The Hall–Kier alpha value is -3.72. The Kier molecular flexibility index (Phi) is 7.07. The molecule has 0 unspecified atom stereocenters. The second kappa shape index (κ2) is 9.64. The summed E-state index contributed by atoms with van der Waals surface area (Å²) in [5.74, 6) is -2.11. The van der Waals surface area contributed by atoms with Crippen molar-refractivity contribution >= 4 is 29.5 Å². The number of hydrogen-bond donors (Lipinski definition) is 1. The predicted octanol–water partition coefficient (Wildman–Crippen LogP) is 2.13. The minimum Gasteiger partial charge on any atom is -0.460 e. The molecular weight excluding hydrogens is 438 g/mol. The molecule has 2 aliphatic heterocycles. The number of amides is 4. The molecule has 2 aliphatic rings. The first kappa shape index (κ1) is 24.9. The van der Waals surface area contributed by atoms with Crippen molar-refractivity contribution in [1.29, 1.82) is 0 Å². The summed E-state index contributed by atoms with van der Waals surface area (Å²) in [4.78, 5) is 53.6.